The van der Waals surface area contributed by atoms with E-state index in [4.69, 9.17) is 9.73 Å². The molecule has 0 spiro atoms. The highest BCUT2D eigenvalue weighted by molar-refractivity contribution is 6.10. The van der Waals surface area contributed by atoms with Gasteiger partial charge in [-0.1, -0.05) is 24.3 Å². The number of aliphatic hydroxyl groups excluding tert-OH is 1. The van der Waals surface area contributed by atoms with E-state index in [1.165, 1.54) is 7.11 Å². The van der Waals surface area contributed by atoms with Gasteiger partial charge in [-0.25, -0.2) is 0 Å². The fraction of sp³-hybridized carbons (Fsp3) is 0.524. The van der Waals surface area contributed by atoms with Crippen molar-refractivity contribution in [1.29, 1.82) is 0 Å². The van der Waals surface area contributed by atoms with Crippen LogP contribution in [-0.2, 0) is 14.9 Å². The number of fused-ring (bicyclic) bond motifs is 2. The number of carbonyl (C=O) groups excluding carboxylic acids is 1. The summed E-state index contributed by atoms with van der Waals surface area (Å²) < 4.78 is 5.00. The minimum Gasteiger partial charge on any atom is -0.632 e. The number of para-hydroxylation sites is 1. The summed E-state index contributed by atoms with van der Waals surface area (Å²) in [4.78, 5) is 18.2. The second-order valence-electron chi connectivity index (χ2n) is 8.29. The van der Waals surface area contributed by atoms with Crippen molar-refractivity contribution in [2.24, 2.45) is 16.3 Å². The number of esters is 1. The number of hydrogen-bond donors (Lipinski definition) is 1. The van der Waals surface area contributed by atoms with Gasteiger partial charge in [-0.15, -0.1) is 0 Å². The van der Waals surface area contributed by atoms with Crippen molar-refractivity contribution in [3.63, 3.8) is 0 Å². The number of aliphatic imine (C=N–C) groups is 1. The van der Waals surface area contributed by atoms with Crippen LogP contribution in [0.1, 0.15) is 25.3 Å². The number of quaternary nitrogens is 1. The van der Waals surface area contributed by atoms with Gasteiger partial charge in [0.25, 0.3) is 0 Å². The van der Waals surface area contributed by atoms with Crippen LogP contribution in [0.4, 0.5) is 5.69 Å². The summed E-state index contributed by atoms with van der Waals surface area (Å²) in [7, 11) is 1.38. The molecule has 3 aliphatic heterocycles. The van der Waals surface area contributed by atoms with E-state index in [1.54, 1.807) is 0 Å². The zero-order valence-corrected chi connectivity index (χ0v) is 15.6. The number of hydrogen-bond acceptors (Lipinski definition) is 5. The first-order chi connectivity index (χ1) is 13.0. The number of carbonyl (C=O) groups is 1. The van der Waals surface area contributed by atoms with E-state index >= 15 is 0 Å². The van der Waals surface area contributed by atoms with Crippen molar-refractivity contribution in [3.05, 3.63) is 46.7 Å². The molecule has 6 nitrogen and oxygen atoms in total. The highest BCUT2D eigenvalue weighted by Crippen LogP contribution is 2.67. The zero-order valence-electron chi connectivity index (χ0n) is 15.6. The van der Waals surface area contributed by atoms with E-state index in [0.717, 1.165) is 22.5 Å². The van der Waals surface area contributed by atoms with Crippen molar-refractivity contribution in [1.82, 2.24) is 0 Å². The van der Waals surface area contributed by atoms with Crippen LogP contribution in [0.5, 0.6) is 0 Å². The molecule has 142 valence electrons. The third kappa shape index (κ3) is 1.68. The standard InChI is InChI=1S/C21H24N2O4/c1-3-13-11-23(26)9-8-20-14-6-4-5-7-16(14)22-18(20)17(23)10-15(13)21(20,12-24)19(25)27-2/h3-7,15,17,24H,8-12H2,1-2H3/b13-3-/t15-,17-,20+,21?,23?/m0/s1. The number of nitrogens with zero attached hydrogens (tertiary/aromatic N) is 2. The Labute approximate surface area is 158 Å². The summed E-state index contributed by atoms with van der Waals surface area (Å²) in [6, 6.07) is 7.55. The number of ether oxygens (including phenoxy) is 1. The average Bonchev–Trinajstić information content (AvgIpc) is 3.04. The normalized spacial score (nSPS) is 42.5. The summed E-state index contributed by atoms with van der Waals surface area (Å²) in [5.41, 5.74) is 1.62. The molecule has 4 aliphatic rings. The van der Waals surface area contributed by atoms with Crippen molar-refractivity contribution in [3.8, 4) is 0 Å². The lowest BCUT2D eigenvalue weighted by atomic mass is 9.43. The van der Waals surface area contributed by atoms with Gasteiger partial charge >= 0.3 is 5.97 Å². The Bertz CT molecular complexity index is 909. The molecule has 1 aliphatic carbocycles. The smallest absolute Gasteiger partial charge is 0.316 e. The number of piperidine rings is 2. The van der Waals surface area contributed by atoms with Crippen LogP contribution in [0.3, 0.4) is 0 Å². The van der Waals surface area contributed by atoms with E-state index in [-0.39, 0.29) is 23.2 Å². The lowest BCUT2D eigenvalue weighted by Crippen LogP contribution is -2.78. The van der Waals surface area contributed by atoms with Crippen LogP contribution in [0, 0.1) is 16.5 Å². The van der Waals surface area contributed by atoms with Crippen LogP contribution in [0.15, 0.2) is 40.9 Å². The van der Waals surface area contributed by atoms with Gasteiger partial charge in [0, 0.05) is 18.8 Å². The van der Waals surface area contributed by atoms with Gasteiger partial charge in [-0.05, 0) is 24.1 Å². The highest BCUT2D eigenvalue weighted by atomic mass is 16.5. The van der Waals surface area contributed by atoms with Crippen LogP contribution < -0.4 is 0 Å². The topological polar surface area (TPSA) is 82.0 Å². The van der Waals surface area contributed by atoms with Gasteiger partial charge in [0.15, 0.2) is 0 Å². The largest absolute Gasteiger partial charge is 0.632 e. The molecule has 2 saturated heterocycles. The van der Waals surface area contributed by atoms with Crippen molar-refractivity contribution in [2.75, 3.05) is 26.8 Å². The minimum atomic E-state index is -1.14. The molecular formula is C21H24N2O4. The number of rotatable bonds is 2. The molecule has 3 heterocycles. The lowest BCUT2D eigenvalue weighted by Gasteiger charge is -2.68. The molecule has 1 N–H and O–H groups in total. The van der Waals surface area contributed by atoms with Crippen molar-refractivity contribution in [2.45, 2.75) is 31.2 Å². The van der Waals surface area contributed by atoms with Gasteiger partial charge in [-0.2, -0.15) is 0 Å². The maximum atomic E-state index is 13.7. The number of allylic oxidation sites excluding steroid dienone is 1. The molecule has 0 amide bonds. The van der Waals surface area contributed by atoms with Crippen molar-refractivity contribution < 1.29 is 19.3 Å². The molecule has 0 radical (unpaired) electrons. The van der Waals surface area contributed by atoms with Crippen LogP contribution in [0.2, 0.25) is 0 Å². The van der Waals surface area contributed by atoms with E-state index in [9.17, 15) is 15.1 Å². The second kappa shape index (κ2) is 5.28. The predicted molar refractivity (Wildman–Crippen MR) is 100 cm³/mol. The van der Waals surface area contributed by atoms with Crippen LogP contribution in [0.25, 0.3) is 0 Å². The Balaban J connectivity index is 1.88. The minimum absolute atomic E-state index is 0.212. The Morgan fingerprint density at radius 2 is 2.26 bits per heavy atom. The molecule has 3 fully saturated rings. The number of benzene rings is 1. The maximum Gasteiger partial charge on any atom is 0.316 e. The predicted octanol–water partition coefficient (Wildman–Crippen LogP) is 2.23. The Morgan fingerprint density at radius 1 is 1.48 bits per heavy atom. The summed E-state index contributed by atoms with van der Waals surface area (Å²) in [5, 5.41) is 24.5. The van der Waals surface area contributed by atoms with Gasteiger partial charge in [-0.3, -0.25) is 9.79 Å². The fourth-order valence-corrected chi connectivity index (χ4v) is 6.55. The molecular weight excluding hydrogens is 344 g/mol. The molecule has 5 rings (SSSR count). The molecule has 1 aromatic rings. The number of methoxy groups -OCH3 is 1. The molecule has 0 aromatic heterocycles. The van der Waals surface area contributed by atoms with E-state index in [2.05, 4.69) is 0 Å². The molecule has 2 unspecified atom stereocenters. The van der Waals surface area contributed by atoms with E-state index in [0.29, 0.717) is 25.9 Å². The monoisotopic (exact) mass is 368 g/mol. The third-order valence-corrected chi connectivity index (χ3v) is 7.67. The van der Waals surface area contributed by atoms with Gasteiger partial charge in [0.1, 0.15) is 18.0 Å². The molecule has 1 aromatic carbocycles. The first-order valence-electron chi connectivity index (χ1n) is 9.59. The maximum absolute atomic E-state index is 13.7. The van der Waals surface area contributed by atoms with Gasteiger partial charge < -0.3 is 19.7 Å². The number of hydroxylamine groups is 3. The quantitative estimate of drug-likeness (QED) is 0.376. The second-order valence-corrected chi connectivity index (χ2v) is 8.29. The average molecular weight is 368 g/mol. The van der Waals surface area contributed by atoms with E-state index in [1.807, 2.05) is 37.3 Å². The Morgan fingerprint density at radius 3 is 2.96 bits per heavy atom. The van der Waals surface area contributed by atoms with Crippen LogP contribution >= 0.6 is 0 Å². The van der Waals surface area contributed by atoms with Gasteiger partial charge in [0.05, 0.1) is 37.1 Å². The molecule has 3 bridgehead atoms. The first kappa shape index (κ1) is 17.1. The lowest BCUT2D eigenvalue weighted by molar-refractivity contribution is -0.901. The highest BCUT2D eigenvalue weighted by Gasteiger charge is 2.76. The molecule has 1 saturated carbocycles. The molecule has 6 heteroatoms. The Kier molecular flexibility index (Phi) is 3.34. The summed E-state index contributed by atoms with van der Waals surface area (Å²) in [6.07, 6.45) is 3.00. The van der Waals surface area contributed by atoms with Crippen molar-refractivity contribution >= 4 is 17.4 Å². The molecule has 27 heavy (non-hydrogen) atoms. The van der Waals surface area contributed by atoms with Crippen LogP contribution in [-0.4, -0.2) is 54.3 Å². The summed E-state index contributed by atoms with van der Waals surface area (Å²) in [5.74, 6) is -0.611. The summed E-state index contributed by atoms with van der Waals surface area (Å²) in [6.45, 7) is 2.37. The number of aliphatic hydroxyl groups is 1. The first-order valence-corrected chi connectivity index (χ1v) is 9.59. The third-order valence-electron chi connectivity index (χ3n) is 7.67. The Hall–Kier alpha value is -2.02. The fourth-order valence-electron chi connectivity index (χ4n) is 6.55. The SMILES string of the molecule is C/C=C1/C[N+]2([O-])CC[C@]34C(=Nc5ccccc53)[C@@H]2C[C@@H]1C4(CO)C(=O)OC. The summed E-state index contributed by atoms with van der Waals surface area (Å²) >= 11 is 0. The van der Waals surface area contributed by atoms with Gasteiger partial charge in [0.2, 0.25) is 0 Å². The zero-order chi connectivity index (χ0) is 19.0. The van der Waals surface area contributed by atoms with E-state index < -0.39 is 16.8 Å². The molecule has 5 atom stereocenters.